The van der Waals surface area contributed by atoms with Crippen LogP contribution >= 0.6 is 11.6 Å². The van der Waals surface area contributed by atoms with Gasteiger partial charge in [0.25, 0.3) is 0 Å². The largest absolute Gasteiger partial charge is 0.487 e. The highest BCUT2D eigenvalue weighted by Crippen LogP contribution is 2.28. The minimum atomic E-state index is -0.514. The van der Waals surface area contributed by atoms with E-state index in [4.69, 9.17) is 21.1 Å². The summed E-state index contributed by atoms with van der Waals surface area (Å²) < 4.78 is 10.6. The van der Waals surface area contributed by atoms with Gasteiger partial charge in [-0.15, -0.1) is 0 Å². The number of esters is 1. The number of ether oxygens (including phenoxy) is 2. The molecule has 0 amide bonds. The molecule has 0 saturated carbocycles. The van der Waals surface area contributed by atoms with Crippen LogP contribution in [0.4, 0.5) is 0 Å². The Bertz CT molecular complexity index is 850. The summed E-state index contributed by atoms with van der Waals surface area (Å²) in [5.74, 6) is 0.102. The zero-order valence-corrected chi connectivity index (χ0v) is 13.2. The molecule has 0 spiro atoms. The molecule has 5 heteroatoms. The molecular formula is C18H14ClNO3. The molecule has 23 heavy (non-hydrogen) atoms. The topological polar surface area (TPSA) is 48.4 Å². The Labute approximate surface area is 138 Å². The maximum Gasteiger partial charge on any atom is 0.341 e. The number of pyridine rings is 1. The lowest BCUT2D eigenvalue weighted by Crippen LogP contribution is -2.04. The summed E-state index contributed by atoms with van der Waals surface area (Å²) >= 11 is 6.10. The predicted molar refractivity (Wildman–Crippen MR) is 88.9 cm³/mol. The third-order valence-corrected chi connectivity index (χ3v) is 3.69. The van der Waals surface area contributed by atoms with Gasteiger partial charge in [-0.3, -0.25) is 0 Å². The lowest BCUT2D eigenvalue weighted by atomic mass is 10.1. The second kappa shape index (κ2) is 6.67. The molecule has 3 rings (SSSR count). The van der Waals surface area contributed by atoms with Crippen molar-refractivity contribution < 1.29 is 14.3 Å². The molecule has 0 N–H and O–H groups in total. The molecular weight excluding hydrogens is 314 g/mol. The molecule has 0 bridgehead atoms. The number of aromatic nitrogens is 1. The van der Waals surface area contributed by atoms with E-state index < -0.39 is 5.97 Å². The van der Waals surface area contributed by atoms with E-state index in [9.17, 15) is 4.79 Å². The van der Waals surface area contributed by atoms with Crippen LogP contribution in [0, 0.1) is 0 Å². The van der Waals surface area contributed by atoms with Crippen molar-refractivity contribution in [3.63, 3.8) is 0 Å². The third-order valence-electron chi connectivity index (χ3n) is 3.40. The molecule has 1 heterocycles. The van der Waals surface area contributed by atoms with E-state index in [-0.39, 0.29) is 10.7 Å². The molecule has 0 saturated heterocycles. The molecule has 1 aromatic heterocycles. The van der Waals surface area contributed by atoms with Crippen molar-refractivity contribution in [2.45, 2.75) is 6.61 Å². The Hall–Kier alpha value is -2.59. The van der Waals surface area contributed by atoms with Crippen molar-refractivity contribution in [1.82, 2.24) is 4.98 Å². The Kier molecular flexibility index (Phi) is 4.44. The maximum absolute atomic E-state index is 11.7. The summed E-state index contributed by atoms with van der Waals surface area (Å²) in [7, 11) is 1.31. The Morgan fingerprint density at radius 3 is 2.65 bits per heavy atom. The van der Waals surface area contributed by atoms with Gasteiger partial charge in [0.2, 0.25) is 0 Å². The molecule has 3 aromatic rings. The van der Waals surface area contributed by atoms with Gasteiger partial charge in [-0.2, -0.15) is 0 Å². The fraction of sp³-hybridized carbons (Fsp3) is 0.111. The van der Waals surface area contributed by atoms with Gasteiger partial charge in [-0.05, 0) is 17.7 Å². The normalized spacial score (nSPS) is 10.5. The average Bonchev–Trinajstić information content (AvgIpc) is 2.59. The first-order chi connectivity index (χ1) is 11.2. The summed E-state index contributed by atoms with van der Waals surface area (Å²) in [6.07, 6.45) is 0. The molecule has 0 unspecified atom stereocenters. The molecule has 0 atom stereocenters. The van der Waals surface area contributed by atoms with E-state index in [1.165, 1.54) is 7.11 Å². The highest BCUT2D eigenvalue weighted by Gasteiger charge is 2.15. The average molecular weight is 328 g/mol. The van der Waals surface area contributed by atoms with E-state index in [1.54, 1.807) is 6.07 Å². The monoisotopic (exact) mass is 327 g/mol. The first-order valence-electron chi connectivity index (χ1n) is 7.03. The van der Waals surface area contributed by atoms with Crippen LogP contribution in [0.2, 0.25) is 5.15 Å². The zero-order valence-electron chi connectivity index (χ0n) is 12.5. The summed E-state index contributed by atoms with van der Waals surface area (Å²) in [5.41, 5.74) is 1.91. The van der Waals surface area contributed by atoms with Gasteiger partial charge in [-0.1, -0.05) is 54.1 Å². The fourth-order valence-electron chi connectivity index (χ4n) is 2.25. The highest BCUT2D eigenvalue weighted by molar-refractivity contribution is 6.33. The second-order valence-corrected chi connectivity index (χ2v) is 5.28. The van der Waals surface area contributed by atoms with Crippen LogP contribution in [-0.4, -0.2) is 18.1 Å². The number of rotatable bonds is 4. The standard InChI is InChI=1S/C18H14ClNO3/c1-22-18(21)14-10-13-8-5-9-15(16(13)20-17(14)19)23-11-12-6-3-2-4-7-12/h2-10H,11H2,1H3. The van der Waals surface area contributed by atoms with Gasteiger partial charge >= 0.3 is 5.97 Å². The molecule has 2 aromatic carbocycles. The van der Waals surface area contributed by atoms with E-state index in [0.717, 1.165) is 10.9 Å². The van der Waals surface area contributed by atoms with Crippen LogP contribution in [-0.2, 0) is 11.3 Å². The van der Waals surface area contributed by atoms with Gasteiger partial charge in [0, 0.05) is 5.39 Å². The van der Waals surface area contributed by atoms with Gasteiger partial charge in [-0.25, -0.2) is 9.78 Å². The Morgan fingerprint density at radius 2 is 1.91 bits per heavy atom. The number of fused-ring (bicyclic) bond motifs is 1. The lowest BCUT2D eigenvalue weighted by Gasteiger charge is -2.10. The molecule has 0 fully saturated rings. The molecule has 0 aliphatic rings. The quantitative estimate of drug-likeness (QED) is 0.531. The maximum atomic E-state index is 11.7. The van der Waals surface area contributed by atoms with Gasteiger partial charge < -0.3 is 9.47 Å². The van der Waals surface area contributed by atoms with Gasteiger partial charge in [0.1, 0.15) is 23.0 Å². The van der Waals surface area contributed by atoms with Crippen molar-refractivity contribution in [3.8, 4) is 5.75 Å². The lowest BCUT2D eigenvalue weighted by molar-refractivity contribution is 0.0600. The number of hydrogen-bond donors (Lipinski definition) is 0. The van der Waals surface area contributed by atoms with Crippen LogP contribution in [0.1, 0.15) is 15.9 Å². The van der Waals surface area contributed by atoms with Crippen molar-refractivity contribution in [1.29, 1.82) is 0 Å². The first kappa shape index (κ1) is 15.3. The minimum Gasteiger partial charge on any atom is -0.487 e. The van der Waals surface area contributed by atoms with Gasteiger partial charge in [0.05, 0.1) is 12.7 Å². The van der Waals surface area contributed by atoms with Crippen LogP contribution < -0.4 is 4.74 Å². The van der Waals surface area contributed by atoms with E-state index >= 15 is 0 Å². The second-order valence-electron chi connectivity index (χ2n) is 4.92. The van der Waals surface area contributed by atoms with Crippen molar-refractivity contribution in [2.24, 2.45) is 0 Å². The Balaban J connectivity index is 1.95. The van der Waals surface area contributed by atoms with Crippen LogP contribution in [0.25, 0.3) is 10.9 Å². The number of benzene rings is 2. The first-order valence-corrected chi connectivity index (χ1v) is 7.41. The van der Waals surface area contributed by atoms with Crippen LogP contribution in [0.3, 0.4) is 0 Å². The fourth-order valence-corrected chi connectivity index (χ4v) is 2.47. The molecule has 0 radical (unpaired) electrons. The van der Waals surface area contributed by atoms with E-state index in [1.807, 2.05) is 48.5 Å². The van der Waals surface area contributed by atoms with Crippen LogP contribution in [0.5, 0.6) is 5.75 Å². The van der Waals surface area contributed by atoms with E-state index in [0.29, 0.717) is 17.9 Å². The molecule has 4 nitrogen and oxygen atoms in total. The number of carbonyl (C=O) groups excluding carboxylic acids is 1. The van der Waals surface area contributed by atoms with Crippen LogP contribution in [0.15, 0.2) is 54.6 Å². The number of methoxy groups -OCH3 is 1. The van der Waals surface area contributed by atoms with E-state index in [2.05, 4.69) is 4.98 Å². The molecule has 0 aliphatic carbocycles. The number of carbonyl (C=O) groups is 1. The summed E-state index contributed by atoms with van der Waals surface area (Å²) in [6, 6.07) is 17.0. The Morgan fingerprint density at radius 1 is 1.13 bits per heavy atom. The number of nitrogens with zero attached hydrogens (tertiary/aromatic N) is 1. The summed E-state index contributed by atoms with van der Waals surface area (Å²) in [6.45, 7) is 0.429. The number of hydrogen-bond acceptors (Lipinski definition) is 4. The van der Waals surface area contributed by atoms with Crippen molar-refractivity contribution in [2.75, 3.05) is 7.11 Å². The third kappa shape index (κ3) is 3.27. The number of halogens is 1. The smallest absolute Gasteiger partial charge is 0.341 e. The summed E-state index contributed by atoms with van der Waals surface area (Å²) in [5, 5.41) is 0.862. The number of para-hydroxylation sites is 1. The molecule has 116 valence electrons. The van der Waals surface area contributed by atoms with Gasteiger partial charge in [0.15, 0.2) is 0 Å². The van der Waals surface area contributed by atoms with Crippen molar-refractivity contribution >= 4 is 28.5 Å². The van der Waals surface area contributed by atoms with Crippen molar-refractivity contribution in [3.05, 3.63) is 70.9 Å². The minimum absolute atomic E-state index is 0.0973. The zero-order chi connectivity index (χ0) is 16.2. The molecule has 0 aliphatic heterocycles. The highest BCUT2D eigenvalue weighted by atomic mass is 35.5. The summed E-state index contributed by atoms with van der Waals surface area (Å²) in [4.78, 5) is 16.0. The predicted octanol–water partition coefficient (Wildman–Crippen LogP) is 4.25. The SMILES string of the molecule is COC(=O)c1cc2cccc(OCc3ccccc3)c2nc1Cl.